The van der Waals surface area contributed by atoms with E-state index in [-0.39, 0.29) is 0 Å². The van der Waals surface area contributed by atoms with E-state index in [1.807, 2.05) is 24.4 Å². The Morgan fingerprint density at radius 3 is 2.62 bits per heavy atom. The monoisotopic (exact) mass is 313 g/mol. The van der Waals surface area contributed by atoms with E-state index in [0.717, 1.165) is 33.7 Å². The molecule has 24 heavy (non-hydrogen) atoms. The predicted octanol–water partition coefficient (Wildman–Crippen LogP) is 4.64. The molecule has 0 aliphatic heterocycles. The number of rotatable bonds is 2. The molecule has 0 unspecified atom stereocenters. The number of aromatic nitrogens is 3. The van der Waals surface area contributed by atoms with Crippen molar-refractivity contribution in [3.8, 4) is 17.0 Å². The summed E-state index contributed by atoms with van der Waals surface area (Å²) in [5.41, 5.74) is 5.31. The summed E-state index contributed by atoms with van der Waals surface area (Å²) in [5, 5.41) is 2.42. The number of nitrogens with one attached hydrogen (secondary N) is 1. The minimum atomic E-state index is 0.852. The van der Waals surface area contributed by atoms with Gasteiger partial charge in [0.15, 0.2) is 5.65 Å². The highest BCUT2D eigenvalue weighted by Crippen LogP contribution is 2.30. The number of hydrogen-bond acceptors (Lipinski definition) is 2. The molecule has 5 aromatic rings. The molecule has 5 rings (SSSR count). The van der Waals surface area contributed by atoms with E-state index in [0.29, 0.717) is 0 Å². The van der Waals surface area contributed by atoms with Crippen LogP contribution in [0, 0.1) is 0 Å². The molecular formula is C20H15N3O. The SMILES string of the molecule is COc1ccc(-c2cnc3c4[nH]c5ccccc5c4ccn23)cc1. The highest BCUT2D eigenvalue weighted by atomic mass is 16.5. The summed E-state index contributed by atoms with van der Waals surface area (Å²) < 4.78 is 7.36. The van der Waals surface area contributed by atoms with Gasteiger partial charge in [-0.25, -0.2) is 4.98 Å². The Morgan fingerprint density at radius 2 is 1.79 bits per heavy atom. The first kappa shape index (κ1) is 13.2. The molecule has 0 aliphatic rings. The van der Waals surface area contributed by atoms with Crippen LogP contribution in [-0.4, -0.2) is 21.5 Å². The zero-order valence-electron chi connectivity index (χ0n) is 13.2. The first-order chi connectivity index (χ1) is 11.8. The van der Waals surface area contributed by atoms with E-state index in [9.17, 15) is 0 Å². The van der Waals surface area contributed by atoms with Crippen LogP contribution in [-0.2, 0) is 0 Å². The van der Waals surface area contributed by atoms with Gasteiger partial charge in [0.2, 0.25) is 0 Å². The second-order valence-corrected chi connectivity index (χ2v) is 5.84. The maximum atomic E-state index is 5.24. The fraction of sp³-hybridized carbons (Fsp3) is 0.0500. The molecule has 0 saturated carbocycles. The van der Waals surface area contributed by atoms with Crippen LogP contribution in [0.5, 0.6) is 5.75 Å². The number of pyridine rings is 1. The largest absolute Gasteiger partial charge is 0.497 e. The predicted molar refractivity (Wildman–Crippen MR) is 96.5 cm³/mol. The smallest absolute Gasteiger partial charge is 0.161 e. The van der Waals surface area contributed by atoms with Gasteiger partial charge in [0, 0.05) is 28.0 Å². The van der Waals surface area contributed by atoms with Crippen LogP contribution in [0.2, 0.25) is 0 Å². The molecule has 0 aliphatic carbocycles. The Labute approximate surface area is 138 Å². The number of benzene rings is 2. The average Bonchev–Trinajstić information content (AvgIpc) is 3.23. The molecule has 3 heterocycles. The quantitative estimate of drug-likeness (QED) is 0.515. The lowest BCUT2D eigenvalue weighted by molar-refractivity contribution is 0.415. The maximum absolute atomic E-state index is 5.24. The van der Waals surface area contributed by atoms with E-state index in [2.05, 4.69) is 57.0 Å². The van der Waals surface area contributed by atoms with Crippen molar-refractivity contribution in [2.45, 2.75) is 0 Å². The summed E-state index contributed by atoms with van der Waals surface area (Å²) >= 11 is 0. The van der Waals surface area contributed by atoms with Crippen LogP contribution in [0.4, 0.5) is 0 Å². The number of ether oxygens (including phenoxy) is 1. The topological polar surface area (TPSA) is 42.3 Å². The lowest BCUT2D eigenvalue weighted by Gasteiger charge is -2.04. The lowest BCUT2D eigenvalue weighted by Crippen LogP contribution is -1.89. The van der Waals surface area contributed by atoms with Gasteiger partial charge >= 0.3 is 0 Å². The van der Waals surface area contributed by atoms with Crippen LogP contribution in [0.15, 0.2) is 67.0 Å². The van der Waals surface area contributed by atoms with Gasteiger partial charge in [0.25, 0.3) is 0 Å². The van der Waals surface area contributed by atoms with Crippen molar-refractivity contribution in [3.63, 3.8) is 0 Å². The third-order valence-corrected chi connectivity index (χ3v) is 4.54. The maximum Gasteiger partial charge on any atom is 0.161 e. The molecular weight excluding hydrogens is 298 g/mol. The van der Waals surface area contributed by atoms with Crippen molar-refractivity contribution in [2.24, 2.45) is 0 Å². The van der Waals surface area contributed by atoms with Crippen molar-refractivity contribution in [1.29, 1.82) is 0 Å². The summed E-state index contributed by atoms with van der Waals surface area (Å²) in [4.78, 5) is 8.16. The van der Waals surface area contributed by atoms with E-state index in [1.165, 1.54) is 10.8 Å². The number of aromatic amines is 1. The van der Waals surface area contributed by atoms with Crippen molar-refractivity contribution in [2.75, 3.05) is 7.11 Å². The fourth-order valence-corrected chi connectivity index (χ4v) is 3.33. The summed E-state index contributed by atoms with van der Waals surface area (Å²) in [6.07, 6.45) is 4.01. The van der Waals surface area contributed by atoms with Crippen molar-refractivity contribution in [3.05, 3.63) is 67.0 Å². The highest BCUT2D eigenvalue weighted by molar-refractivity contribution is 6.11. The Balaban J connectivity index is 1.78. The third-order valence-electron chi connectivity index (χ3n) is 4.54. The lowest BCUT2D eigenvalue weighted by atomic mass is 10.1. The standard InChI is InChI=1S/C20H15N3O/c1-24-14-8-6-13(7-9-14)18-12-21-20-19-16(10-11-23(18)20)15-4-2-3-5-17(15)22-19/h2-12,22H,1H3. The third kappa shape index (κ3) is 1.77. The van der Waals surface area contributed by atoms with E-state index >= 15 is 0 Å². The molecule has 0 amide bonds. The Kier molecular flexibility index (Phi) is 2.67. The van der Waals surface area contributed by atoms with Crippen LogP contribution in [0.25, 0.3) is 38.7 Å². The van der Waals surface area contributed by atoms with Crippen LogP contribution in [0.1, 0.15) is 0 Å². The van der Waals surface area contributed by atoms with Gasteiger partial charge in [-0.15, -0.1) is 0 Å². The number of imidazole rings is 1. The Morgan fingerprint density at radius 1 is 0.958 bits per heavy atom. The van der Waals surface area contributed by atoms with Gasteiger partial charge in [-0.2, -0.15) is 0 Å². The number of H-pyrrole nitrogens is 1. The van der Waals surface area contributed by atoms with Gasteiger partial charge in [-0.3, -0.25) is 4.40 Å². The fourth-order valence-electron chi connectivity index (χ4n) is 3.33. The van der Waals surface area contributed by atoms with Crippen LogP contribution >= 0.6 is 0 Å². The van der Waals surface area contributed by atoms with Gasteiger partial charge in [0.05, 0.1) is 24.5 Å². The normalized spacial score (nSPS) is 11.5. The van der Waals surface area contributed by atoms with E-state index in [1.54, 1.807) is 7.11 Å². The Hall–Kier alpha value is -3.27. The molecule has 0 fully saturated rings. The number of methoxy groups -OCH3 is 1. The molecule has 1 N–H and O–H groups in total. The summed E-state index contributed by atoms with van der Waals surface area (Å²) in [6.45, 7) is 0. The zero-order chi connectivity index (χ0) is 16.1. The van der Waals surface area contributed by atoms with Gasteiger partial charge in [0.1, 0.15) is 5.75 Å². The number of hydrogen-bond donors (Lipinski definition) is 1. The molecule has 0 spiro atoms. The summed E-state index contributed by atoms with van der Waals surface area (Å²) in [5.74, 6) is 0.852. The summed E-state index contributed by atoms with van der Waals surface area (Å²) in [7, 11) is 1.68. The number of fused-ring (bicyclic) bond motifs is 5. The molecule has 4 heteroatoms. The van der Waals surface area contributed by atoms with E-state index in [4.69, 9.17) is 4.74 Å². The molecule has 0 atom stereocenters. The minimum absolute atomic E-state index is 0.852. The number of para-hydroxylation sites is 1. The molecule has 2 aromatic carbocycles. The zero-order valence-corrected chi connectivity index (χ0v) is 13.2. The molecule has 0 radical (unpaired) electrons. The summed E-state index contributed by atoms with van der Waals surface area (Å²) in [6, 6.07) is 18.5. The van der Waals surface area contributed by atoms with Crippen molar-refractivity contribution >= 4 is 27.5 Å². The van der Waals surface area contributed by atoms with Crippen LogP contribution < -0.4 is 4.74 Å². The molecule has 4 nitrogen and oxygen atoms in total. The second kappa shape index (κ2) is 4.86. The minimum Gasteiger partial charge on any atom is -0.497 e. The molecule has 0 bridgehead atoms. The van der Waals surface area contributed by atoms with Gasteiger partial charge in [-0.1, -0.05) is 18.2 Å². The highest BCUT2D eigenvalue weighted by Gasteiger charge is 2.12. The van der Waals surface area contributed by atoms with Crippen LogP contribution in [0.3, 0.4) is 0 Å². The molecule has 116 valence electrons. The molecule has 3 aromatic heterocycles. The Bertz CT molecular complexity index is 1180. The average molecular weight is 313 g/mol. The van der Waals surface area contributed by atoms with Crippen molar-refractivity contribution in [1.82, 2.24) is 14.4 Å². The first-order valence-electron chi connectivity index (χ1n) is 7.86. The van der Waals surface area contributed by atoms with Gasteiger partial charge < -0.3 is 9.72 Å². The first-order valence-corrected chi connectivity index (χ1v) is 7.86. The van der Waals surface area contributed by atoms with Crippen molar-refractivity contribution < 1.29 is 4.74 Å². The number of nitrogens with zero attached hydrogens (tertiary/aromatic N) is 2. The van der Waals surface area contributed by atoms with Gasteiger partial charge in [-0.05, 0) is 36.4 Å². The van der Waals surface area contributed by atoms with E-state index < -0.39 is 0 Å². The second-order valence-electron chi connectivity index (χ2n) is 5.84. The molecule has 0 saturated heterocycles.